The van der Waals surface area contributed by atoms with E-state index in [4.69, 9.17) is 4.98 Å². The highest BCUT2D eigenvalue weighted by molar-refractivity contribution is 7.18. The number of carbonyl (C=O) groups is 1. The van der Waals surface area contributed by atoms with Crippen molar-refractivity contribution in [3.8, 4) is 0 Å². The van der Waals surface area contributed by atoms with Crippen molar-refractivity contribution in [1.29, 1.82) is 0 Å². The fourth-order valence-corrected chi connectivity index (χ4v) is 6.56. The summed E-state index contributed by atoms with van der Waals surface area (Å²) in [5.41, 5.74) is 1.12. The van der Waals surface area contributed by atoms with Crippen LogP contribution in [0.15, 0.2) is 24.3 Å². The molecule has 4 heteroatoms. The number of fused-ring (bicyclic) bond motifs is 3. The number of hydrogen-bond donors (Lipinski definition) is 0. The van der Waals surface area contributed by atoms with E-state index in [1.54, 1.807) is 0 Å². The molecule has 132 valence electrons. The van der Waals surface area contributed by atoms with Crippen LogP contribution in [0.1, 0.15) is 55.9 Å². The predicted octanol–water partition coefficient (Wildman–Crippen LogP) is 4.83. The van der Waals surface area contributed by atoms with Crippen molar-refractivity contribution in [3.05, 3.63) is 29.3 Å². The van der Waals surface area contributed by atoms with Gasteiger partial charge in [0, 0.05) is 25.4 Å². The molecule has 25 heavy (non-hydrogen) atoms. The first-order valence-electron chi connectivity index (χ1n) is 9.89. The van der Waals surface area contributed by atoms with Crippen LogP contribution in [0.5, 0.6) is 0 Å². The largest absolute Gasteiger partial charge is 0.343 e. The van der Waals surface area contributed by atoms with Gasteiger partial charge in [0.1, 0.15) is 0 Å². The maximum Gasteiger partial charge on any atom is 0.222 e. The molecule has 0 unspecified atom stereocenters. The lowest BCUT2D eigenvalue weighted by molar-refractivity contribution is -0.133. The van der Waals surface area contributed by atoms with Crippen LogP contribution in [0.25, 0.3) is 10.2 Å². The molecule has 1 saturated heterocycles. The van der Waals surface area contributed by atoms with Gasteiger partial charge in [0.05, 0.1) is 15.2 Å². The number of nitrogens with zero attached hydrogens (tertiary/aromatic N) is 2. The Morgan fingerprint density at radius 2 is 1.96 bits per heavy atom. The van der Waals surface area contributed by atoms with E-state index in [2.05, 4.69) is 29.2 Å². The lowest BCUT2D eigenvalue weighted by Crippen LogP contribution is -2.39. The maximum absolute atomic E-state index is 12.7. The molecular weight excluding hydrogens is 328 g/mol. The standard InChI is InChI=1S/C21H26N2OS/c24-20(13-17-12-14-5-6-16(17)11-14)23-9-7-15(8-10-23)21-22-18-3-1-2-4-19(18)25-21/h1-4,14-17H,5-13H2/t14-,16+,17+/m0/s1. The number of carbonyl (C=O) groups excluding carboxylic acids is 1. The minimum Gasteiger partial charge on any atom is -0.343 e. The van der Waals surface area contributed by atoms with Crippen LogP contribution in [-0.4, -0.2) is 28.9 Å². The van der Waals surface area contributed by atoms with Gasteiger partial charge < -0.3 is 4.90 Å². The zero-order chi connectivity index (χ0) is 16.8. The van der Waals surface area contributed by atoms with Crippen molar-refractivity contribution >= 4 is 27.5 Å². The third kappa shape index (κ3) is 2.99. The summed E-state index contributed by atoms with van der Waals surface area (Å²) >= 11 is 1.83. The van der Waals surface area contributed by atoms with E-state index in [0.29, 0.717) is 17.7 Å². The first-order chi connectivity index (χ1) is 12.3. The summed E-state index contributed by atoms with van der Waals surface area (Å²) in [7, 11) is 0. The Hall–Kier alpha value is -1.42. The van der Waals surface area contributed by atoms with E-state index in [1.807, 2.05) is 11.3 Å². The Morgan fingerprint density at radius 1 is 1.12 bits per heavy atom. The predicted molar refractivity (Wildman–Crippen MR) is 102 cm³/mol. The highest BCUT2D eigenvalue weighted by Gasteiger charge is 2.40. The number of rotatable bonds is 3. The molecule has 2 bridgehead atoms. The monoisotopic (exact) mass is 354 g/mol. The SMILES string of the molecule is O=C(C[C@H]1C[C@H]2CC[C@@H]1C2)N1CCC(c2nc3ccccc3s2)CC1. The van der Waals surface area contributed by atoms with Crippen LogP contribution in [0.4, 0.5) is 0 Å². The summed E-state index contributed by atoms with van der Waals surface area (Å²) in [6.07, 6.45) is 8.47. The Kier molecular flexibility index (Phi) is 4.04. The number of thiazole rings is 1. The average Bonchev–Trinajstić information content (AvgIpc) is 3.36. The summed E-state index contributed by atoms with van der Waals surface area (Å²) in [5, 5.41) is 1.27. The minimum atomic E-state index is 0.417. The summed E-state index contributed by atoms with van der Waals surface area (Å²) < 4.78 is 1.28. The molecule has 2 saturated carbocycles. The summed E-state index contributed by atoms with van der Waals surface area (Å²) in [5.74, 6) is 3.43. The zero-order valence-electron chi connectivity index (χ0n) is 14.7. The third-order valence-electron chi connectivity index (χ3n) is 6.83. The number of piperidine rings is 1. The highest BCUT2D eigenvalue weighted by atomic mass is 32.1. The van der Waals surface area contributed by atoms with Crippen LogP contribution in [0, 0.1) is 17.8 Å². The molecule has 1 aliphatic heterocycles. The molecule has 1 aromatic heterocycles. The van der Waals surface area contributed by atoms with Gasteiger partial charge in [0.25, 0.3) is 0 Å². The van der Waals surface area contributed by atoms with E-state index in [1.165, 1.54) is 35.4 Å². The van der Waals surface area contributed by atoms with Gasteiger partial charge in [0.15, 0.2) is 0 Å². The molecule has 5 rings (SSSR count). The van der Waals surface area contributed by atoms with Gasteiger partial charge >= 0.3 is 0 Å². The van der Waals surface area contributed by atoms with E-state index < -0.39 is 0 Å². The number of para-hydroxylation sites is 1. The second kappa shape index (κ2) is 6.39. The van der Waals surface area contributed by atoms with Crippen LogP contribution in [-0.2, 0) is 4.79 Å². The molecule has 2 aromatic rings. The molecule has 0 N–H and O–H groups in total. The number of amides is 1. The molecule has 1 aromatic carbocycles. The smallest absolute Gasteiger partial charge is 0.222 e. The van der Waals surface area contributed by atoms with Crippen molar-refractivity contribution in [1.82, 2.24) is 9.88 Å². The van der Waals surface area contributed by atoms with Crippen LogP contribution < -0.4 is 0 Å². The van der Waals surface area contributed by atoms with E-state index in [0.717, 1.165) is 49.7 Å². The molecule has 3 fully saturated rings. The topological polar surface area (TPSA) is 33.2 Å². The second-order valence-electron chi connectivity index (χ2n) is 8.31. The Morgan fingerprint density at radius 3 is 2.68 bits per heavy atom. The van der Waals surface area contributed by atoms with Gasteiger partial charge in [0.2, 0.25) is 5.91 Å². The van der Waals surface area contributed by atoms with Crippen LogP contribution >= 0.6 is 11.3 Å². The summed E-state index contributed by atoms with van der Waals surface area (Å²) in [6, 6.07) is 8.40. The lowest BCUT2D eigenvalue weighted by atomic mass is 9.86. The number of hydrogen-bond acceptors (Lipinski definition) is 3. The molecule has 2 heterocycles. The Balaban J connectivity index is 1.18. The molecule has 3 atom stereocenters. The molecule has 3 aliphatic rings. The Labute approximate surface area is 153 Å². The molecule has 0 spiro atoms. The van der Waals surface area contributed by atoms with Gasteiger partial charge in [-0.2, -0.15) is 0 Å². The van der Waals surface area contributed by atoms with Crippen LogP contribution in [0.2, 0.25) is 0 Å². The normalized spacial score (nSPS) is 29.6. The van der Waals surface area contributed by atoms with E-state index in [9.17, 15) is 4.79 Å². The van der Waals surface area contributed by atoms with Crippen molar-refractivity contribution in [2.24, 2.45) is 17.8 Å². The van der Waals surface area contributed by atoms with E-state index >= 15 is 0 Å². The van der Waals surface area contributed by atoms with Gasteiger partial charge in [-0.15, -0.1) is 11.3 Å². The molecule has 3 nitrogen and oxygen atoms in total. The van der Waals surface area contributed by atoms with Gasteiger partial charge in [-0.1, -0.05) is 18.6 Å². The van der Waals surface area contributed by atoms with Crippen molar-refractivity contribution in [2.75, 3.05) is 13.1 Å². The first-order valence-corrected chi connectivity index (χ1v) is 10.7. The first kappa shape index (κ1) is 15.8. The molecular formula is C21H26N2OS. The molecule has 0 radical (unpaired) electrons. The number of likely N-dealkylation sites (tertiary alicyclic amines) is 1. The fraction of sp³-hybridized carbons (Fsp3) is 0.619. The quantitative estimate of drug-likeness (QED) is 0.791. The fourth-order valence-electron chi connectivity index (χ4n) is 5.42. The lowest BCUT2D eigenvalue weighted by Gasteiger charge is -2.32. The van der Waals surface area contributed by atoms with Gasteiger partial charge in [-0.3, -0.25) is 4.79 Å². The minimum absolute atomic E-state index is 0.417. The van der Waals surface area contributed by atoms with Gasteiger partial charge in [-0.05, 0) is 62.0 Å². The highest BCUT2D eigenvalue weighted by Crippen LogP contribution is 2.49. The zero-order valence-corrected chi connectivity index (χ0v) is 15.5. The maximum atomic E-state index is 12.7. The third-order valence-corrected chi connectivity index (χ3v) is 8.03. The van der Waals surface area contributed by atoms with Crippen molar-refractivity contribution in [3.63, 3.8) is 0 Å². The summed E-state index contributed by atoms with van der Waals surface area (Å²) in [4.78, 5) is 19.7. The number of benzene rings is 1. The van der Waals surface area contributed by atoms with Crippen LogP contribution in [0.3, 0.4) is 0 Å². The number of aromatic nitrogens is 1. The molecule has 2 aliphatic carbocycles. The summed E-state index contributed by atoms with van der Waals surface area (Å²) in [6.45, 7) is 1.83. The Bertz CT molecular complexity index is 744. The average molecular weight is 355 g/mol. The van der Waals surface area contributed by atoms with Crippen molar-refractivity contribution in [2.45, 2.75) is 50.9 Å². The molecule has 1 amide bonds. The van der Waals surface area contributed by atoms with Gasteiger partial charge in [-0.25, -0.2) is 4.98 Å². The van der Waals surface area contributed by atoms with Crippen molar-refractivity contribution < 1.29 is 4.79 Å². The second-order valence-corrected chi connectivity index (χ2v) is 9.38. The van der Waals surface area contributed by atoms with E-state index in [-0.39, 0.29) is 0 Å².